The van der Waals surface area contributed by atoms with E-state index in [1.54, 1.807) is 18.2 Å². The third-order valence-electron chi connectivity index (χ3n) is 2.23. The Balaban J connectivity index is 2.31. The second-order valence-electron chi connectivity index (χ2n) is 3.55. The van der Waals surface area contributed by atoms with Crippen LogP contribution >= 0.6 is 11.6 Å². The molecule has 0 saturated heterocycles. The van der Waals surface area contributed by atoms with Gasteiger partial charge in [0, 0.05) is 0 Å². The van der Waals surface area contributed by atoms with Crippen LogP contribution in [-0.4, -0.2) is 8.42 Å². The standard InChI is InChI=1S/C12H9ClFNO2S/c13-11-7-6-9(8-12(11)14)15-18(16,17)10-4-2-1-3-5-10/h1-8,15H. The molecule has 0 heterocycles. The molecule has 2 aromatic rings. The molecule has 3 nitrogen and oxygen atoms in total. The molecule has 2 rings (SSSR count). The summed E-state index contributed by atoms with van der Waals surface area (Å²) in [5.74, 6) is -0.676. The summed E-state index contributed by atoms with van der Waals surface area (Å²) >= 11 is 5.52. The molecule has 0 fully saturated rings. The minimum absolute atomic E-state index is 0.0577. The molecule has 0 bridgehead atoms. The van der Waals surface area contributed by atoms with Crippen molar-refractivity contribution in [3.8, 4) is 0 Å². The zero-order chi connectivity index (χ0) is 13.2. The number of nitrogens with one attached hydrogen (secondary N) is 1. The molecule has 94 valence electrons. The number of hydrogen-bond donors (Lipinski definition) is 1. The van der Waals surface area contributed by atoms with Gasteiger partial charge >= 0.3 is 0 Å². The normalized spacial score (nSPS) is 11.2. The molecule has 0 amide bonds. The Morgan fingerprint density at radius 2 is 1.72 bits per heavy atom. The van der Waals surface area contributed by atoms with E-state index in [1.807, 2.05) is 0 Å². The molecule has 18 heavy (non-hydrogen) atoms. The summed E-state index contributed by atoms with van der Waals surface area (Å²) in [5.41, 5.74) is 0.126. The lowest BCUT2D eigenvalue weighted by molar-refractivity contribution is 0.601. The monoisotopic (exact) mass is 285 g/mol. The third kappa shape index (κ3) is 2.80. The van der Waals surface area contributed by atoms with E-state index in [-0.39, 0.29) is 15.6 Å². The summed E-state index contributed by atoms with van der Waals surface area (Å²) in [4.78, 5) is 0.111. The maximum absolute atomic E-state index is 13.2. The Hall–Kier alpha value is -1.59. The lowest BCUT2D eigenvalue weighted by Gasteiger charge is -2.08. The predicted molar refractivity (Wildman–Crippen MR) is 68.7 cm³/mol. The number of benzene rings is 2. The van der Waals surface area contributed by atoms with Crippen molar-refractivity contribution in [1.82, 2.24) is 0 Å². The van der Waals surface area contributed by atoms with Gasteiger partial charge in [0.2, 0.25) is 0 Å². The molecule has 1 N–H and O–H groups in total. The fourth-order valence-corrected chi connectivity index (χ4v) is 2.56. The fraction of sp³-hybridized carbons (Fsp3) is 0. The van der Waals surface area contributed by atoms with E-state index in [0.29, 0.717) is 0 Å². The van der Waals surface area contributed by atoms with Crippen molar-refractivity contribution in [2.75, 3.05) is 4.72 Å². The summed E-state index contributed by atoms with van der Waals surface area (Å²) < 4.78 is 39.3. The summed E-state index contributed by atoms with van der Waals surface area (Å²) in [7, 11) is -3.70. The first-order valence-corrected chi connectivity index (χ1v) is 6.88. The minimum atomic E-state index is -3.70. The van der Waals surface area contributed by atoms with Gasteiger partial charge in [-0.1, -0.05) is 29.8 Å². The van der Waals surface area contributed by atoms with Crippen LogP contribution in [0, 0.1) is 5.82 Å². The zero-order valence-corrected chi connectivity index (χ0v) is 10.7. The largest absolute Gasteiger partial charge is 0.280 e. The van der Waals surface area contributed by atoms with Crippen LogP contribution in [0.25, 0.3) is 0 Å². The fourth-order valence-electron chi connectivity index (χ4n) is 1.37. The van der Waals surface area contributed by atoms with Crippen molar-refractivity contribution in [3.05, 3.63) is 59.4 Å². The van der Waals surface area contributed by atoms with E-state index in [4.69, 9.17) is 11.6 Å². The van der Waals surface area contributed by atoms with Crippen LogP contribution < -0.4 is 4.72 Å². The van der Waals surface area contributed by atoms with Crippen molar-refractivity contribution < 1.29 is 12.8 Å². The van der Waals surface area contributed by atoms with Crippen molar-refractivity contribution in [1.29, 1.82) is 0 Å². The van der Waals surface area contributed by atoms with Gasteiger partial charge in [0.05, 0.1) is 15.6 Å². The van der Waals surface area contributed by atoms with E-state index in [1.165, 1.54) is 24.3 Å². The lowest BCUT2D eigenvalue weighted by atomic mass is 10.3. The van der Waals surface area contributed by atoms with Gasteiger partial charge in [-0.15, -0.1) is 0 Å². The summed E-state index contributed by atoms with van der Waals surface area (Å²) in [5, 5.41) is -0.0577. The van der Waals surface area contributed by atoms with Crippen molar-refractivity contribution in [3.63, 3.8) is 0 Å². The number of anilines is 1. The quantitative estimate of drug-likeness (QED) is 0.941. The second kappa shape index (κ2) is 4.96. The topological polar surface area (TPSA) is 46.2 Å². The van der Waals surface area contributed by atoms with Crippen LogP contribution in [0.5, 0.6) is 0 Å². The highest BCUT2D eigenvalue weighted by atomic mass is 35.5. The van der Waals surface area contributed by atoms with E-state index < -0.39 is 15.8 Å². The number of rotatable bonds is 3. The van der Waals surface area contributed by atoms with Gasteiger partial charge in [-0.3, -0.25) is 4.72 Å². The van der Waals surface area contributed by atoms with E-state index in [9.17, 15) is 12.8 Å². The SMILES string of the molecule is O=S(=O)(Nc1ccc(Cl)c(F)c1)c1ccccc1. The van der Waals surface area contributed by atoms with Crippen LogP contribution in [0.1, 0.15) is 0 Å². The Labute approximate surface area is 109 Å². The first kappa shape index (κ1) is 12.9. The number of hydrogen-bond acceptors (Lipinski definition) is 2. The molecule has 0 unspecified atom stereocenters. The first-order chi connectivity index (χ1) is 8.49. The molecule has 0 aromatic heterocycles. The van der Waals surface area contributed by atoms with Crippen molar-refractivity contribution in [2.45, 2.75) is 4.90 Å². The van der Waals surface area contributed by atoms with Crippen molar-refractivity contribution >= 4 is 27.3 Å². The number of sulfonamides is 1. The van der Waals surface area contributed by atoms with Gasteiger partial charge in [0.15, 0.2) is 0 Å². The molecule has 0 spiro atoms. The molecule has 0 radical (unpaired) electrons. The highest BCUT2D eigenvalue weighted by Gasteiger charge is 2.14. The van der Waals surface area contributed by atoms with Crippen LogP contribution in [0.4, 0.5) is 10.1 Å². The minimum Gasteiger partial charge on any atom is -0.280 e. The second-order valence-corrected chi connectivity index (χ2v) is 5.64. The summed E-state index contributed by atoms with van der Waals surface area (Å²) in [6, 6.07) is 11.5. The van der Waals surface area contributed by atoms with Crippen LogP contribution in [0.3, 0.4) is 0 Å². The predicted octanol–water partition coefficient (Wildman–Crippen LogP) is 3.28. The average molecular weight is 286 g/mol. The third-order valence-corrected chi connectivity index (χ3v) is 3.93. The summed E-state index contributed by atoms with van der Waals surface area (Å²) in [6.07, 6.45) is 0. The van der Waals surface area contributed by atoms with Gasteiger partial charge in [-0.25, -0.2) is 12.8 Å². The van der Waals surface area contributed by atoms with Gasteiger partial charge in [0.1, 0.15) is 5.82 Å². The van der Waals surface area contributed by atoms with Crippen LogP contribution in [0.15, 0.2) is 53.4 Å². The Kier molecular flexibility index (Phi) is 3.54. The number of halogens is 2. The maximum atomic E-state index is 13.2. The summed E-state index contributed by atoms with van der Waals surface area (Å²) in [6.45, 7) is 0. The molecular weight excluding hydrogens is 277 g/mol. The smallest absolute Gasteiger partial charge is 0.261 e. The highest BCUT2D eigenvalue weighted by Crippen LogP contribution is 2.21. The van der Waals surface area contributed by atoms with Gasteiger partial charge in [0.25, 0.3) is 10.0 Å². The Morgan fingerprint density at radius 3 is 2.33 bits per heavy atom. The lowest BCUT2D eigenvalue weighted by Crippen LogP contribution is -2.12. The molecule has 6 heteroatoms. The van der Waals surface area contributed by atoms with Gasteiger partial charge in [-0.05, 0) is 30.3 Å². The van der Waals surface area contributed by atoms with Gasteiger partial charge in [-0.2, -0.15) is 0 Å². The van der Waals surface area contributed by atoms with Gasteiger partial charge < -0.3 is 0 Å². The Bertz CT molecular complexity index is 659. The molecule has 0 aliphatic heterocycles. The molecule has 0 saturated carbocycles. The first-order valence-electron chi connectivity index (χ1n) is 5.02. The average Bonchev–Trinajstić information content (AvgIpc) is 2.35. The molecule has 2 aromatic carbocycles. The molecule has 0 atom stereocenters. The van der Waals surface area contributed by atoms with E-state index in [2.05, 4.69) is 4.72 Å². The highest BCUT2D eigenvalue weighted by molar-refractivity contribution is 7.92. The van der Waals surface area contributed by atoms with E-state index >= 15 is 0 Å². The van der Waals surface area contributed by atoms with E-state index in [0.717, 1.165) is 6.07 Å². The molecular formula is C12H9ClFNO2S. The zero-order valence-electron chi connectivity index (χ0n) is 9.10. The molecule has 0 aliphatic carbocycles. The Morgan fingerprint density at radius 1 is 1.06 bits per heavy atom. The maximum Gasteiger partial charge on any atom is 0.261 e. The van der Waals surface area contributed by atoms with Crippen LogP contribution in [-0.2, 0) is 10.0 Å². The van der Waals surface area contributed by atoms with Crippen LogP contribution in [0.2, 0.25) is 5.02 Å². The van der Waals surface area contributed by atoms with Crippen molar-refractivity contribution in [2.24, 2.45) is 0 Å². The molecule has 0 aliphatic rings.